The molecule has 0 bridgehead atoms. The van der Waals surface area contributed by atoms with E-state index in [1.807, 2.05) is 13.1 Å². The minimum absolute atomic E-state index is 0.197. The lowest BCUT2D eigenvalue weighted by Gasteiger charge is -2.21. The molecular formula is C11H15FN2. The van der Waals surface area contributed by atoms with Crippen LogP contribution in [0.3, 0.4) is 0 Å². The van der Waals surface area contributed by atoms with Crippen LogP contribution in [-0.2, 0) is 6.54 Å². The van der Waals surface area contributed by atoms with E-state index in [2.05, 4.69) is 4.90 Å². The number of nitrogens with zero attached hydrogens (tertiary/aromatic N) is 1. The van der Waals surface area contributed by atoms with Crippen LogP contribution in [0.2, 0.25) is 0 Å². The van der Waals surface area contributed by atoms with Crippen LogP contribution in [0, 0.1) is 5.82 Å². The van der Waals surface area contributed by atoms with Gasteiger partial charge in [0.1, 0.15) is 5.82 Å². The van der Waals surface area contributed by atoms with Gasteiger partial charge < -0.3 is 10.6 Å². The second-order valence-electron chi connectivity index (χ2n) is 3.78. The topological polar surface area (TPSA) is 29.3 Å². The van der Waals surface area contributed by atoms with Crippen molar-refractivity contribution in [3.63, 3.8) is 0 Å². The van der Waals surface area contributed by atoms with Gasteiger partial charge in [0.15, 0.2) is 0 Å². The average Bonchev–Trinajstić information content (AvgIpc) is 2.99. The van der Waals surface area contributed by atoms with Crippen molar-refractivity contribution in [3.8, 4) is 0 Å². The highest BCUT2D eigenvalue weighted by Gasteiger charge is 2.27. The molecule has 0 aliphatic heterocycles. The largest absolute Gasteiger partial charge is 0.371 e. The molecule has 0 saturated heterocycles. The summed E-state index contributed by atoms with van der Waals surface area (Å²) in [7, 11) is 2.01. The van der Waals surface area contributed by atoms with Crippen LogP contribution in [0.25, 0.3) is 0 Å². The lowest BCUT2D eigenvalue weighted by atomic mass is 10.1. The molecule has 1 saturated carbocycles. The van der Waals surface area contributed by atoms with Crippen molar-refractivity contribution in [2.75, 3.05) is 11.9 Å². The van der Waals surface area contributed by atoms with Gasteiger partial charge in [-0.1, -0.05) is 6.07 Å². The van der Waals surface area contributed by atoms with Gasteiger partial charge in [-0.2, -0.15) is 0 Å². The molecular weight excluding hydrogens is 179 g/mol. The number of halogens is 1. The molecule has 1 aliphatic carbocycles. The first kappa shape index (κ1) is 9.46. The zero-order valence-electron chi connectivity index (χ0n) is 8.33. The van der Waals surface area contributed by atoms with Crippen molar-refractivity contribution in [1.29, 1.82) is 0 Å². The maximum Gasteiger partial charge on any atom is 0.129 e. The second kappa shape index (κ2) is 3.58. The van der Waals surface area contributed by atoms with Crippen LogP contribution >= 0.6 is 0 Å². The molecule has 0 unspecified atom stereocenters. The molecule has 0 radical (unpaired) electrons. The number of hydrogen-bond acceptors (Lipinski definition) is 2. The predicted molar refractivity (Wildman–Crippen MR) is 55.7 cm³/mol. The van der Waals surface area contributed by atoms with E-state index < -0.39 is 0 Å². The van der Waals surface area contributed by atoms with Crippen LogP contribution < -0.4 is 10.6 Å². The van der Waals surface area contributed by atoms with E-state index in [4.69, 9.17) is 5.73 Å². The van der Waals surface area contributed by atoms with E-state index in [0.717, 1.165) is 5.69 Å². The third-order valence-electron chi connectivity index (χ3n) is 2.77. The number of nitrogens with two attached hydrogens (primary N) is 1. The fourth-order valence-electron chi connectivity index (χ4n) is 1.74. The highest BCUT2D eigenvalue weighted by atomic mass is 19.1. The highest BCUT2D eigenvalue weighted by molar-refractivity contribution is 5.55. The minimum atomic E-state index is -0.197. The fourth-order valence-corrected chi connectivity index (χ4v) is 1.74. The van der Waals surface area contributed by atoms with Gasteiger partial charge in [0.05, 0.1) is 0 Å². The van der Waals surface area contributed by atoms with E-state index in [0.29, 0.717) is 11.6 Å². The third-order valence-corrected chi connectivity index (χ3v) is 2.77. The van der Waals surface area contributed by atoms with Crippen molar-refractivity contribution in [3.05, 3.63) is 29.6 Å². The number of anilines is 1. The summed E-state index contributed by atoms with van der Waals surface area (Å²) in [4.78, 5) is 2.13. The summed E-state index contributed by atoms with van der Waals surface area (Å²) in [5.41, 5.74) is 7.11. The van der Waals surface area contributed by atoms with Gasteiger partial charge in [0, 0.05) is 30.9 Å². The third kappa shape index (κ3) is 1.60. The van der Waals surface area contributed by atoms with Crippen LogP contribution in [0.1, 0.15) is 18.4 Å². The normalized spacial score (nSPS) is 15.6. The monoisotopic (exact) mass is 194 g/mol. The summed E-state index contributed by atoms with van der Waals surface area (Å²) >= 11 is 0. The van der Waals surface area contributed by atoms with Crippen molar-refractivity contribution >= 4 is 5.69 Å². The van der Waals surface area contributed by atoms with Gasteiger partial charge in [0.25, 0.3) is 0 Å². The maximum absolute atomic E-state index is 13.4. The Bertz CT molecular complexity index is 334. The first-order valence-electron chi connectivity index (χ1n) is 4.94. The molecule has 0 spiro atoms. The zero-order valence-corrected chi connectivity index (χ0v) is 8.33. The first-order chi connectivity index (χ1) is 6.74. The Morgan fingerprint density at radius 3 is 2.79 bits per heavy atom. The lowest BCUT2D eigenvalue weighted by Crippen LogP contribution is -2.22. The molecule has 1 aromatic carbocycles. The maximum atomic E-state index is 13.4. The van der Waals surface area contributed by atoms with Crippen LogP contribution in [0.4, 0.5) is 10.1 Å². The number of hydrogen-bond donors (Lipinski definition) is 1. The van der Waals surface area contributed by atoms with Crippen molar-refractivity contribution in [2.45, 2.75) is 25.4 Å². The molecule has 0 aromatic heterocycles. The lowest BCUT2D eigenvalue weighted by molar-refractivity contribution is 0.609. The Labute approximate surface area is 83.5 Å². The summed E-state index contributed by atoms with van der Waals surface area (Å²) < 4.78 is 13.4. The summed E-state index contributed by atoms with van der Waals surface area (Å²) in [6, 6.07) is 5.72. The smallest absolute Gasteiger partial charge is 0.129 e. The Morgan fingerprint density at radius 1 is 1.50 bits per heavy atom. The zero-order chi connectivity index (χ0) is 10.1. The Morgan fingerprint density at radius 2 is 2.21 bits per heavy atom. The first-order valence-corrected chi connectivity index (χ1v) is 4.94. The minimum Gasteiger partial charge on any atom is -0.371 e. The average molecular weight is 194 g/mol. The highest BCUT2D eigenvalue weighted by Crippen LogP contribution is 2.32. The summed E-state index contributed by atoms with van der Waals surface area (Å²) in [5, 5.41) is 0. The Balaban J connectivity index is 2.35. The van der Waals surface area contributed by atoms with Gasteiger partial charge in [-0.25, -0.2) is 4.39 Å². The molecule has 0 heterocycles. The quantitative estimate of drug-likeness (QED) is 0.796. The van der Waals surface area contributed by atoms with Gasteiger partial charge >= 0.3 is 0 Å². The van der Waals surface area contributed by atoms with E-state index in [1.54, 1.807) is 6.07 Å². The number of benzene rings is 1. The molecule has 2 rings (SSSR count). The molecule has 2 nitrogen and oxygen atoms in total. The van der Waals surface area contributed by atoms with Crippen molar-refractivity contribution in [1.82, 2.24) is 0 Å². The molecule has 1 fully saturated rings. The second-order valence-corrected chi connectivity index (χ2v) is 3.78. The molecule has 76 valence electrons. The number of rotatable bonds is 3. The van der Waals surface area contributed by atoms with E-state index in [9.17, 15) is 4.39 Å². The van der Waals surface area contributed by atoms with Gasteiger partial charge in [-0.3, -0.25) is 0 Å². The van der Waals surface area contributed by atoms with E-state index in [-0.39, 0.29) is 12.4 Å². The summed E-state index contributed by atoms with van der Waals surface area (Å²) in [6.45, 7) is 0.263. The van der Waals surface area contributed by atoms with Crippen LogP contribution in [-0.4, -0.2) is 13.1 Å². The fraction of sp³-hybridized carbons (Fsp3) is 0.455. The molecule has 0 amide bonds. The van der Waals surface area contributed by atoms with E-state index >= 15 is 0 Å². The standard InChI is InChI=1S/C11H15FN2/c1-14(8-5-6-8)11-4-2-3-10(12)9(11)7-13/h2-4,8H,5-7,13H2,1H3. The van der Waals surface area contributed by atoms with Gasteiger partial charge in [-0.05, 0) is 25.0 Å². The van der Waals surface area contributed by atoms with Gasteiger partial charge in [-0.15, -0.1) is 0 Å². The molecule has 2 N–H and O–H groups in total. The van der Waals surface area contributed by atoms with Gasteiger partial charge in [0.2, 0.25) is 0 Å². The SMILES string of the molecule is CN(c1cccc(F)c1CN)C1CC1. The molecule has 14 heavy (non-hydrogen) atoms. The van der Waals surface area contributed by atoms with Crippen LogP contribution in [0.15, 0.2) is 18.2 Å². The molecule has 3 heteroatoms. The van der Waals surface area contributed by atoms with Crippen molar-refractivity contribution in [2.24, 2.45) is 5.73 Å². The van der Waals surface area contributed by atoms with Crippen LogP contribution in [0.5, 0.6) is 0 Å². The Kier molecular flexibility index (Phi) is 2.42. The summed E-state index contributed by atoms with van der Waals surface area (Å²) in [6.07, 6.45) is 2.41. The van der Waals surface area contributed by atoms with Crippen molar-refractivity contribution < 1.29 is 4.39 Å². The predicted octanol–water partition coefficient (Wildman–Crippen LogP) is 1.88. The molecule has 1 aromatic rings. The molecule has 1 aliphatic rings. The van der Waals surface area contributed by atoms with E-state index in [1.165, 1.54) is 18.9 Å². The Hall–Kier alpha value is -1.09. The molecule has 0 atom stereocenters. The summed E-state index contributed by atoms with van der Waals surface area (Å²) in [5.74, 6) is -0.197.